The van der Waals surface area contributed by atoms with E-state index in [1.807, 2.05) is 0 Å². The number of aromatic hydroxyl groups is 4. The number of phenolic OH excluding ortho intramolecular Hbond substituents is 4. The third-order valence-corrected chi connectivity index (χ3v) is 5.58. The summed E-state index contributed by atoms with van der Waals surface area (Å²) in [6.45, 7) is -0.760. The van der Waals surface area contributed by atoms with Crippen LogP contribution in [0.25, 0.3) is 22.3 Å². The normalized spacial score (nSPS) is 24.4. The summed E-state index contributed by atoms with van der Waals surface area (Å²) in [6, 6.07) is 4.28. The monoisotopic (exact) mass is 494 g/mol. The molecule has 13 nitrogen and oxygen atoms in total. The van der Waals surface area contributed by atoms with Gasteiger partial charge in [-0.15, -0.1) is 0 Å². The van der Waals surface area contributed by atoms with Gasteiger partial charge in [0.25, 0.3) is 0 Å². The van der Waals surface area contributed by atoms with Gasteiger partial charge in [0.15, 0.2) is 28.6 Å². The SMILES string of the molecule is COc1cc(O)c2c(=O)c(O[C@@H]3O[C@H](CO)[C@@H](O)[C@H](O)[C@H]3O)c(-c3ccc(O)c(O)c3)oc2c1O. The summed E-state index contributed by atoms with van der Waals surface area (Å²) >= 11 is 0. The maximum Gasteiger partial charge on any atom is 0.239 e. The quantitative estimate of drug-likeness (QED) is 0.165. The average molecular weight is 494 g/mol. The molecule has 2 aromatic carbocycles. The third-order valence-electron chi connectivity index (χ3n) is 5.58. The van der Waals surface area contributed by atoms with Crippen LogP contribution < -0.4 is 14.9 Å². The second-order valence-corrected chi connectivity index (χ2v) is 7.76. The van der Waals surface area contributed by atoms with E-state index in [9.17, 15) is 45.6 Å². The first-order chi connectivity index (χ1) is 16.6. The Labute approximate surface area is 195 Å². The summed E-state index contributed by atoms with van der Waals surface area (Å²) in [5, 5.41) is 79.8. The molecule has 1 aliphatic heterocycles. The van der Waals surface area contributed by atoms with Gasteiger partial charge in [0.05, 0.1) is 13.7 Å². The molecule has 0 bridgehead atoms. The van der Waals surface area contributed by atoms with Gasteiger partial charge in [-0.1, -0.05) is 0 Å². The van der Waals surface area contributed by atoms with Gasteiger partial charge in [-0.05, 0) is 18.2 Å². The molecule has 0 spiro atoms. The molecule has 0 aliphatic carbocycles. The van der Waals surface area contributed by atoms with Crippen LogP contribution in [0, 0.1) is 0 Å². The van der Waals surface area contributed by atoms with E-state index < -0.39 is 88.2 Å². The Balaban J connectivity index is 1.96. The molecule has 8 N–H and O–H groups in total. The van der Waals surface area contributed by atoms with E-state index in [0.29, 0.717) is 0 Å². The van der Waals surface area contributed by atoms with Crippen LogP contribution in [0.1, 0.15) is 0 Å². The molecular formula is C22H22O13. The van der Waals surface area contributed by atoms with Crippen LogP contribution in [0.4, 0.5) is 0 Å². The highest BCUT2D eigenvalue weighted by molar-refractivity contribution is 5.93. The smallest absolute Gasteiger partial charge is 0.239 e. The van der Waals surface area contributed by atoms with E-state index in [2.05, 4.69) is 0 Å². The number of methoxy groups -OCH3 is 1. The molecule has 1 aliphatic rings. The molecule has 2 heterocycles. The van der Waals surface area contributed by atoms with Crippen LogP contribution in [-0.4, -0.2) is 85.3 Å². The molecule has 0 unspecified atom stereocenters. The van der Waals surface area contributed by atoms with E-state index >= 15 is 0 Å². The second kappa shape index (κ2) is 9.13. The zero-order valence-corrected chi connectivity index (χ0v) is 18.0. The zero-order valence-electron chi connectivity index (χ0n) is 18.0. The Hall–Kier alpha value is -3.75. The minimum Gasteiger partial charge on any atom is -0.507 e. The van der Waals surface area contributed by atoms with Gasteiger partial charge < -0.3 is 59.5 Å². The lowest BCUT2D eigenvalue weighted by Crippen LogP contribution is -2.60. The Morgan fingerprint density at radius 3 is 2.29 bits per heavy atom. The van der Waals surface area contributed by atoms with Gasteiger partial charge in [-0.3, -0.25) is 4.79 Å². The van der Waals surface area contributed by atoms with Crippen LogP contribution in [-0.2, 0) is 4.74 Å². The van der Waals surface area contributed by atoms with Gasteiger partial charge in [-0.25, -0.2) is 0 Å². The summed E-state index contributed by atoms with van der Waals surface area (Å²) < 4.78 is 21.5. The van der Waals surface area contributed by atoms with E-state index in [1.165, 1.54) is 13.2 Å². The average Bonchev–Trinajstić information content (AvgIpc) is 2.84. The van der Waals surface area contributed by atoms with Crippen molar-refractivity contribution in [2.75, 3.05) is 13.7 Å². The Morgan fingerprint density at radius 1 is 0.943 bits per heavy atom. The van der Waals surface area contributed by atoms with Crippen molar-refractivity contribution in [2.24, 2.45) is 0 Å². The van der Waals surface area contributed by atoms with Gasteiger partial charge in [0.1, 0.15) is 35.6 Å². The largest absolute Gasteiger partial charge is 0.507 e. The zero-order chi connectivity index (χ0) is 25.6. The molecule has 0 saturated carbocycles. The van der Waals surface area contributed by atoms with E-state index in [0.717, 1.165) is 18.2 Å². The van der Waals surface area contributed by atoms with E-state index in [-0.39, 0.29) is 11.3 Å². The first-order valence-corrected chi connectivity index (χ1v) is 10.2. The Morgan fingerprint density at radius 2 is 1.66 bits per heavy atom. The molecule has 0 radical (unpaired) electrons. The highest BCUT2D eigenvalue weighted by atomic mass is 16.7. The number of aliphatic hydroxyl groups excluding tert-OH is 4. The Bertz CT molecular complexity index is 1320. The maximum atomic E-state index is 13.4. The van der Waals surface area contributed by atoms with Gasteiger partial charge in [0, 0.05) is 11.6 Å². The van der Waals surface area contributed by atoms with Crippen molar-refractivity contribution in [3.05, 3.63) is 34.5 Å². The summed E-state index contributed by atoms with van der Waals surface area (Å²) in [6.07, 6.45) is -8.55. The van der Waals surface area contributed by atoms with Crippen molar-refractivity contribution < 1.29 is 59.5 Å². The summed E-state index contributed by atoms with van der Waals surface area (Å²) in [4.78, 5) is 13.4. The van der Waals surface area contributed by atoms with Crippen LogP contribution in [0.15, 0.2) is 33.5 Å². The van der Waals surface area contributed by atoms with Crippen LogP contribution in [0.5, 0.6) is 34.5 Å². The molecule has 4 rings (SSSR count). The number of ether oxygens (including phenoxy) is 3. The molecule has 1 fully saturated rings. The summed E-state index contributed by atoms with van der Waals surface area (Å²) in [5.74, 6) is -3.72. The molecule has 1 aromatic heterocycles. The fraction of sp³-hybridized carbons (Fsp3) is 0.318. The lowest BCUT2D eigenvalue weighted by atomic mass is 9.99. The molecule has 3 aromatic rings. The first kappa shape index (κ1) is 24.4. The molecule has 1 saturated heterocycles. The highest BCUT2D eigenvalue weighted by Crippen LogP contribution is 2.44. The van der Waals surface area contributed by atoms with Gasteiger partial charge in [0.2, 0.25) is 23.2 Å². The first-order valence-electron chi connectivity index (χ1n) is 10.2. The second-order valence-electron chi connectivity index (χ2n) is 7.76. The fourth-order valence-electron chi connectivity index (χ4n) is 3.69. The number of hydrogen-bond donors (Lipinski definition) is 8. The van der Waals surface area contributed by atoms with Crippen molar-refractivity contribution in [1.82, 2.24) is 0 Å². The van der Waals surface area contributed by atoms with Crippen LogP contribution in [0.3, 0.4) is 0 Å². The van der Waals surface area contributed by atoms with Gasteiger partial charge >= 0.3 is 0 Å². The highest BCUT2D eigenvalue weighted by Gasteiger charge is 2.45. The molecular weight excluding hydrogens is 472 g/mol. The number of benzene rings is 2. The van der Waals surface area contributed by atoms with Crippen molar-refractivity contribution in [3.63, 3.8) is 0 Å². The van der Waals surface area contributed by atoms with E-state index in [1.54, 1.807) is 0 Å². The molecule has 5 atom stereocenters. The lowest BCUT2D eigenvalue weighted by Gasteiger charge is -2.39. The number of rotatable bonds is 5. The number of phenols is 4. The Kier molecular flexibility index (Phi) is 6.36. The minimum absolute atomic E-state index is 0.0411. The molecule has 188 valence electrons. The number of fused-ring (bicyclic) bond motifs is 1. The van der Waals surface area contributed by atoms with Crippen molar-refractivity contribution in [2.45, 2.75) is 30.7 Å². The summed E-state index contributed by atoms with van der Waals surface area (Å²) in [7, 11) is 1.20. The van der Waals surface area contributed by atoms with Crippen molar-refractivity contribution in [1.29, 1.82) is 0 Å². The predicted molar refractivity (Wildman–Crippen MR) is 116 cm³/mol. The molecule has 35 heavy (non-hydrogen) atoms. The van der Waals surface area contributed by atoms with Crippen LogP contribution >= 0.6 is 0 Å². The van der Waals surface area contributed by atoms with Crippen LogP contribution in [0.2, 0.25) is 0 Å². The standard InChI is InChI=1S/C22H22O13/c1-32-11-5-10(26)13-16(29)21(35-22-18(31)17(30)14(27)12(6-23)33-22)19(34-20(13)15(11)28)7-2-3-8(24)9(25)4-7/h2-5,12,14,17-18,22-28,30-31H,6H2,1H3/t12-,14-,17+,18-,22+/m1/s1. The topological polar surface area (TPSA) is 220 Å². The summed E-state index contributed by atoms with van der Waals surface area (Å²) in [5.41, 5.74) is -1.60. The van der Waals surface area contributed by atoms with Crippen molar-refractivity contribution >= 4 is 11.0 Å². The van der Waals surface area contributed by atoms with Gasteiger partial charge in [-0.2, -0.15) is 0 Å². The third kappa shape index (κ3) is 4.05. The fourth-order valence-corrected chi connectivity index (χ4v) is 3.69. The van der Waals surface area contributed by atoms with E-state index in [4.69, 9.17) is 18.6 Å². The molecule has 13 heteroatoms. The predicted octanol–water partition coefficient (Wildman–Crippen LogP) is -0.530. The maximum absolute atomic E-state index is 13.4. The lowest BCUT2D eigenvalue weighted by molar-refractivity contribution is -0.277. The number of aliphatic hydroxyl groups is 4. The number of hydrogen-bond acceptors (Lipinski definition) is 13. The minimum atomic E-state index is -1.89. The van der Waals surface area contributed by atoms with Crippen molar-refractivity contribution in [3.8, 4) is 45.8 Å². The molecule has 0 amide bonds.